The maximum absolute atomic E-state index is 13.3. The lowest BCUT2D eigenvalue weighted by Gasteiger charge is -2.40. The summed E-state index contributed by atoms with van der Waals surface area (Å²) in [4.78, 5) is 34.1. The highest BCUT2D eigenvalue weighted by molar-refractivity contribution is 6.30. The summed E-state index contributed by atoms with van der Waals surface area (Å²) in [6.45, 7) is 0.840. The van der Waals surface area contributed by atoms with Crippen LogP contribution in [0.25, 0.3) is 0 Å². The summed E-state index contributed by atoms with van der Waals surface area (Å²) in [6, 6.07) is 10.6. The maximum atomic E-state index is 13.3. The molecule has 1 saturated heterocycles. The fourth-order valence-electron chi connectivity index (χ4n) is 4.15. The van der Waals surface area contributed by atoms with Crippen molar-refractivity contribution in [1.82, 2.24) is 14.8 Å². The molecule has 1 atom stereocenters. The quantitative estimate of drug-likeness (QED) is 0.686. The van der Waals surface area contributed by atoms with E-state index in [1.54, 1.807) is 46.5 Å². The Morgan fingerprint density at radius 1 is 1.15 bits per heavy atom. The summed E-state index contributed by atoms with van der Waals surface area (Å²) < 4.78 is 5.09. The number of furan rings is 1. The minimum Gasteiger partial charge on any atom is -0.472 e. The lowest BCUT2D eigenvalue weighted by atomic mass is 9.90. The van der Waals surface area contributed by atoms with Crippen molar-refractivity contribution in [2.75, 3.05) is 13.1 Å². The maximum Gasteiger partial charge on any atom is 0.259 e. The highest BCUT2D eigenvalue weighted by Gasteiger charge is 2.59. The third kappa shape index (κ3) is 2.04. The average Bonchev–Trinajstić information content (AvgIpc) is 3.40. The van der Waals surface area contributed by atoms with Crippen LogP contribution in [-0.2, 0) is 5.66 Å². The number of nitrogens with zero attached hydrogens (tertiary/aromatic N) is 3. The van der Waals surface area contributed by atoms with E-state index in [4.69, 9.17) is 16.0 Å². The van der Waals surface area contributed by atoms with Gasteiger partial charge in [0.15, 0.2) is 5.66 Å². The fraction of sp³-hybridized carbons (Fsp3) is 0.150. The summed E-state index contributed by atoms with van der Waals surface area (Å²) in [7, 11) is 0. The molecule has 5 rings (SSSR count). The zero-order chi connectivity index (χ0) is 18.6. The second-order valence-electron chi connectivity index (χ2n) is 6.53. The Labute approximate surface area is 160 Å². The van der Waals surface area contributed by atoms with Crippen LogP contribution in [0.15, 0.2) is 65.7 Å². The molecule has 0 bridgehead atoms. The Morgan fingerprint density at radius 3 is 2.70 bits per heavy atom. The number of aromatic nitrogens is 1. The molecule has 0 spiro atoms. The van der Waals surface area contributed by atoms with E-state index in [1.807, 2.05) is 12.1 Å². The van der Waals surface area contributed by atoms with Gasteiger partial charge in [0, 0.05) is 41.6 Å². The van der Waals surface area contributed by atoms with Crippen molar-refractivity contribution in [2.45, 2.75) is 5.66 Å². The summed E-state index contributed by atoms with van der Waals surface area (Å²) >= 11 is 6.08. The summed E-state index contributed by atoms with van der Waals surface area (Å²) in [5.41, 5.74) is 1.45. The summed E-state index contributed by atoms with van der Waals surface area (Å²) in [5.74, 6) is -0.310. The molecule has 7 heteroatoms. The third-order valence-electron chi connectivity index (χ3n) is 5.26. The lowest BCUT2D eigenvalue weighted by molar-refractivity contribution is 0.0374. The lowest BCUT2D eigenvalue weighted by Crippen LogP contribution is -2.51. The Morgan fingerprint density at radius 2 is 1.96 bits per heavy atom. The molecule has 0 unspecified atom stereocenters. The van der Waals surface area contributed by atoms with Gasteiger partial charge in [-0.05, 0) is 24.3 Å². The highest BCUT2D eigenvalue weighted by Crippen LogP contribution is 2.49. The Hall–Kier alpha value is -3.12. The van der Waals surface area contributed by atoms with Gasteiger partial charge in [0.2, 0.25) is 0 Å². The molecule has 0 saturated carbocycles. The summed E-state index contributed by atoms with van der Waals surface area (Å²) in [6.07, 6.45) is 6.15. The normalized spacial score (nSPS) is 20.7. The number of amides is 2. The number of carbonyl (C=O) groups excluding carboxylic acids is 2. The van der Waals surface area contributed by atoms with Crippen molar-refractivity contribution in [3.05, 3.63) is 88.6 Å². The van der Waals surface area contributed by atoms with Crippen LogP contribution in [0.1, 0.15) is 31.8 Å². The molecule has 3 aromatic rings. The number of carbonyl (C=O) groups is 2. The van der Waals surface area contributed by atoms with E-state index in [0.29, 0.717) is 34.8 Å². The number of benzene rings is 1. The predicted octanol–water partition coefficient (Wildman–Crippen LogP) is 3.14. The first-order valence-electron chi connectivity index (χ1n) is 8.50. The molecule has 1 aromatic carbocycles. The van der Waals surface area contributed by atoms with Crippen molar-refractivity contribution in [1.29, 1.82) is 0 Å². The molecule has 0 aliphatic carbocycles. The average molecular weight is 380 g/mol. The van der Waals surface area contributed by atoms with Crippen molar-refractivity contribution in [3.8, 4) is 0 Å². The zero-order valence-electron chi connectivity index (χ0n) is 14.1. The zero-order valence-corrected chi connectivity index (χ0v) is 14.9. The fourth-order valence-corrected chi connectivity index (χ4v) is 4.28. The van der Waals surface area contributed by atoms with E-state index in [0.717, 1.165) is 5.56 Å². The van der Waals surface area contributed by atoms with Crippen molar-refractivity contribution >= 4 is 23.4 Å². The molecule has 4 heterocycles. The first-order valence-corrected chi connectivity index (χ1v) is 8.88. The third-order valence-corrected chi connectivity index (χ3v) is 5.51. The molecule has 27 heavy (non-hydrogen) atoms. The van der Waals surface area contributed by atoms with E-state index in [9.17, 15) is 9.59 Å². The molecule has 2 aromatic heterocycles. The largest absolute Gasteiger partial charge is 0.472 e. The number of hydrogen-bond acceptors (Lipinski definition) is 4. The Kier molecular flexibility index (Phi) is 3.39. The van der Waals surface area contributed by atoms with E-state index < -0.39 is 5.66 Å². The highest BCUT2D eigenvalue weighted by atomic mass is 35.5. The second kappa shape index (κ2) is 5.69. The first-order chi connectivity index (χ1) is 13.1. The molecular formula is C20H14ClN3O3. The molecule has 0 N–H and O–H groups in total. The molecule has 6 nitrogen and oxygen atoms in total. The smallest absolute Gasteiger partial charge is 0.259 e. The number of fused-ring (bicyclic) bond motifs is 3. The van der Waals surface area contributed by atoms with E-state index in [1.165, 1.54) is 12.5 Å². The van der Waals surface area contributed by atoms with Crippen LogP contribution in [0.5, 0.6) is 0 Å². The van der Waals surface area contributed by atoms with E-state index in [2.05, 4.69) is 4.98 Å². The van der Waals surface area contributed by atoms with Crippen molar-refractivity contribution in [2.24, 2.45) is 0 Å². The molecule has 0 radical (unpaired) electrons. The predicted molar refractivity (Wildman–Crippen MR) is 97.3 cm³/mol. The number of rotatable bonds is 2. The molecule has 134 valence electrons. The van der Waals surface area contributed by atoms with Gasteiger partial charge in [-0.2, -0.15) is 0 Å². The van der Waals surface area contributed by atoms with Gasteiger partial charge in [0.25, 0.3) is 11.8 Å². The summed E-state index contributed by atoms with van der Waals surface area (Å²) in [5, 5.41) is 0.586. The van der Waals surface area contributed by atoms with Gasteiger partial charge in [-0.3, -0.25) is 14.6 Å². The minimum absolute atomic E-state index is 0.107. The van der Waals surface area contributed by atoms with Crippen LogP contribution in [0.3, 0.4) is 0 Å². The molecule has 2 amide bonds. The monoisotopic (exact) mass is 379 g/mol. The Bertz CT molecular complexity index is 1050. The number of pyridine rings is 1. The van der Waals surface area contributed by atoms with Crippen LogP contribution in [0.4, 0.5) is 0 Å². The van der Waals surface area contributed by atoms with Gasteiger partial charge < -0.3 is 14.2 Å². The topological polar surface area (TPSA) is 66.7 Å². The molecule has 2 aliphatic heterocycles. The second-order valence-corrected chi connectivity index (χ2v) is 6.96. The first kappa shape index (κ1) is 16.1. The van der Waals surface area contributed by atoms with Crippen LogP contribution in [0.2, 0.25) is 5.02 Å². The number of halogens is 1. The van der Waals surface area contributed by atoms with Crippen LogP contribution in [0, 0.1) is 0 Å². The van der Waals surface area contributed by atoms with Gasteiger partial charge in [-0.25, -0.2) is 0 Å². The van der Waals surface area contributed by atoms with E-state index >= 15 is 0 Å². The standard InChI is InChI=1S/C20H14ClN3O3/c21-15-3-1-14(2-4-15)20-17-11-22-7-5-16(17)19(26)24(20)9-8-23(20)18(25)13-6-10-27-12-13/h1-7,10-12H,8-9H2/t20-/m0/s1. The Balaban J connectivity index is 1.78. The van der Waals surface area contributed by atoms with Gasteiger partial charge in [-0.15, -0.1) is 0 Å². The van der Waals surface area contributed by atoms with E-state index in [-0.39, 0.29) is 11.8 Å². The SMILES string of the molecule is O=C(c1ccoc1)N1CCN2C(=O)c3ccncc3[C@@]12c1ccc(Cl)cc1. The van der Waals surface area contributed by atoms with Gasteiger partial charge in [0.1, 0.15) is 6.26 Å². The molecular weight excluding hydrogens is 366 g/mol. The van der Waals surface area contributed by atoms with Gasteiger partial charge >= 0.3 is 0 Å². The van der Waals surface area contributed by atoms with Crippen LogP contribution < -0.4 is 0 Å². The van der Waals surface area contributed by atoms with Gasteiger partial charge in [-0.1, -0.05) is 23.7 Å². The van der Waals surface area contributed by atoms with Crippen molar-refractivity contribution < 1.29 is 14.0 Å². The van der Waals surface area contributed by atoms with Crippen molar-refractivity contribution in [3.63, 3.8) is 0 Å². The minimum atomic E-state index is -1.04. The molecule has 1 fully saturated rings. The van der Waals surface area contributed by atoms with Crippen LogP contribution >= 0.6 is 11.6 Å². The van der Waals surface area contributed by atoms with Crippen LogP contribution in [-0.4, -0.2) is 39.7 Å². The number of hydrogen-bond donors (Lipinski definition) is 0. The molecule has 2 aliphatic rings. The van der Waals surface area contributed by atoms with Gasteiger partial charge in [0.05, 0.1) is 17.4 Å².